The van der Waals surface area contributed by atoms with Crippen molar-refractivity contribution in [1.29, 1.82) is 0 Å². The standard InChI is InChI=1S/C10H13NO5S/c1-16-9-4-2-3-8(5-9)7-17(14,15)11-6-10(12)13/h2-5,11H,6-7H2,1H3,(H,12,13). The Morgan fingerprint density at radius 1 is 1.47 bits per heavy atom. The molecule has 0 aliphatic heterocycles. The molecular weight excluding hydrogens is 246 g/mol. The van der Waals surface area contributed by atoms with Crippen LogP contribution in [0.4, 0.5) is 0 Å². The van der Waals surface area contributed by atoms with Crippen molar-refractivity contribution in [2.45, 2.75) is 5.75 Å². The third kappa shape index (κ3) is 4.83. The zero-order valence-electron chi connectivity index (χ0n) is 9.21. The van der Waals surface area contributed by atoms with Crippen LogP contribution in [0.5, 0.6) is 5.75 Å². The quantitative estimate of drug-likeness (QED) is 0.761. The highest BCUT2D eigenvalue weighted by Crippen LogP contribution is 2.14. The fourth-order valence-electron chi connectivity index (χ4n) is 1.20. The lowest BCUT2D eigenvalue weighted by Crippen LogP contribution is -2.30. The van der Waals surface area contributed by atoms with Crippen LogP contribution >= 0.6 is 0 Å². The van der Waals surface area contributed by atoms with Crippen LogP contribution in [0, 0.1) is 0 Å². The predicted octanol–water partition coefficient (Wildman–Crippen LogP) is 0.199. The predicted molar refractivity (Wildman–Crippen MR) is 61.3 cm³/mol. The number of ether oxygens (including phenoxy) is 1. The number of aliphatic carboxylic acids is 1. The van der Waals surface area contributed by atoms with Gasteiger partial charge in [-0.2, -0.15) is 0 Å². The molecule has 0 aliphatic carbocycles. The second-order valence-corrected chi connectivity index (χ2v) is 5.13. The van der Waals surface area contributed by atoms with E-state index in [4.69, 9.17) is 9.84 Å². The molecule has 94 valence electrons. The van der Waals surface area contributed by atoms with Gasteiger partial charge >= 0.3 is 5.97 Å². The van der Waals surface area contributed by atoms with Crippen molar-refractivity contribution < 1.29 is 23.1 Å². The van der Waals surface area contributed by atoms with Gasteiger partial charge in [-0.15, -0.1) is 0 Å². The molecule has 7 heteroatoms. The topological polar surface area (TPSA) is 92.7 Å². The fraction of sp³-hybridized carbons (Fsp3) is 0.300. The first kappa shape index (κ1) is 13.5. The van der Waals surface area contributed by atoms with E-state index in [0.717, 1.165) is 0 Å². The molecule has 0 bridgehead atoms. The molecule has 0 unspecified atom stereocenters. The zero-order chi connectivity index (χ0) is 12.9. The summed E-state index contributed by atoms with van der Waals surface area (Å²) in [5, 5.41) is 8.38. The molecule has 0 saturated carbocycles. The van der Waals surface area contributed by atoms with Gasteiger partial charge in [0.2, 0.25) is 10.0 Å². The smallest absolute Gasteiger partial charge is 0.318 e. The van der Waals surface area contributed by atoms with Crippen LogP contribution in [0.2, 0.25) is 0 Å². The van der Waals surface area contributed by atoms with Crippen molar-refractivity contribution in [2.75, 3.05) is 13.7 Å². The highest BCUT2D eigenvalue weighted by atomic mass is 32.2. The Morgan fingerprint density at radius 2 is 2.18 bits per heavy atom. The van der Waals surface area contributed by atoms with E-state index in [0.29, 0.717) is 11.3 Å². The minimum atomic E-state index is -3.64. The van der Waals surface area contributed by atoms with E-state index >= 15 is 0 Å². The monoisotopic (exact) mass is 259 g/mol. The van der Waals surface area contributed by atoms with Gasteiger partial charge in [-0.05, 0) is 17.7 Å². The Kier molecular flexibility index (Phi) is 4.47. The minimum absolute atomic E-state index is 0.280. The number of carboxylic acids is 1. The second kappa shape index (κ2) is 5.65. The summed E-state index contributed by atoms with van der Waals surface area (Å²) in [6.45, 7) is -0.619. The Morgan fingerprint density at radius 3 is 2.76 bits per heavy atom. The van der Waals surface area contributed by atoms with Gasteiger partial charge in [0.15, 0.2) is 0 Å². The summed E-state index contributed by atoms with van der Waals surface area (Å²) in [7, 11) is -2.16. The summed E-state index contributed by atoms with van der Waals surface area (Å²) in [6.07, 6.45) is 0. The van der Waals surface area contributed by atoms with Crippen LogP contribution in [-0.4, -0.2) is 33.1 Å². The molecule has 0 fully saturated rings. The number of rotatable bonds is 6. The summed E-state index contributed by atoms with van der Waals surface area (Å²) < 4.78 is 29.9. The van der Waals surface area contributed by atoms with E-state index in [-0.39, 0.29) is 5.75 Å². The van der Waals surface area contributed by atoms with Crippen LogP contribution in [0.3, 0.4) is 0 Å². The average molecular weight is 259 g/mol. The minimum Gasteiger partial charge on any atom is -0.497 e. The van der Waals surface area contributed by atoms with Gasteiger partial charge in [-0.3, -0.25) is 4.79 Å². The summed E-state index contributed by atoms with van der Waals surface area (Å²) in [6, 6.07) is 6.57. The molecule has 0 saturated heterocycles. The van der Waals surface area contributed by atoms with Gasteiger partial charge in [0.1, 0.15) is 12.3 Å². The van der Waals surface area contributed by atoms with E-state index < -0.39 is 22.5 Å². The largest absolute Gasteiger partial charge is 0.497 e. The molecule has 0 aliphatic rings. The highest BCUT2D eigenvalue weighted by molar-refractivity contribution is 7.88. The molecule has 1 aromatic carbocycles. The maximum atomic E-state index is 11.5. The highest BCUT2D eigenvalue weighted by Gasteiger charge is 2.13. The van der Waals surface area contributed by atoms with Crippen LogP contribution in [0.1, 0.15) is 5.56 Å². The number of benzene rings is 1. The Hall–Kier alpha value is -1.60. The molecule has 0 amide bonds. The van der Waals surface area contributed by atoms with Gasteiger partial charge in [0.05, 0.1) is 12.9 Å². The Bertz CT molecular complexity index is 497. The number of sulfonamides is 1. The van der Waals surface area contributed by atoms with Crippen LogP contribution in [0.15, 0.2) is 24.3 Å². The summed E-state index contributed by atoms with van der Waals surface area (Å²) in [5.74, 6) is -0.951. The van der Waals surface area contributed by atoms with Gasteiger partial charge in [-0.25, -0.2) is 13.1 Å². The second-order valence-electron chi connectivity index (χ2n) is 3.33. The number of hydrogen-bond donors (Lipinski definition) is 2. The summed E-state index contributed by atoms with van der Waals surface area (Å²) >= 11 is 0. The van der Waals surface area contributed by atoms with Crippen molar-refractivity contribution >= 4 is 16.0 Å². The Labute approximate surface area is 99.3 Å². The number of carboxylic acid groups (broad SMARTS) is 1. The van der Waals surface area contributed by atoms with Gasteiger partial charge in [0.25, 0.3) is 0 Å². The van der Waals surface area contributed by atoms with Crippen molar-refractivity contribution in [3.05, 3.63) is 29.8 Å². The van der Waals surface area contributed by atoms with Crippen LogP contribution in [-0.2, 0) is 20.6 Å². The zero-order valence-corrected chi connectivity index (χ0v) is 10.0. The maximum Gasteiger partial charge on any atom is 0.318 e. The first-order valence-electron chi connectivity index (χ1n) is 4.75. The van der Waals surface area contributed by atoms with E-state index in [1.54, 1.807) is 24.3 Å². The van der Waals surface area contributed by atoms with E-state index in [2.05, 4.69) is 0 Å². The van der Waals surface area contributed by atoms with Crippen molar-refractivity contribution in [3.63, 3.8) is 0 Å². The molecular formula is C10H13NO5S. The number of carbonyl (C=O) groups is 1. The van der Waals surface area contributed by atoms with Crippen molar-refractivity contribution in [1.82, 2.24) is 4.72 Å². The number of nitrogens with one attached hydrogen (secondary N) is 1. The first-order valence-corrected chi connectivity index (χ1v) is 6.40. The number of hydrogen-bond acceptors (Lipinski definition) is 4. The lowest BCUT2D eigenvalue weighted by atomic mass is 10.2. The van der Waals surface area contributed by atoms with Crippen LogP contribution in [0.25, 0.3) is 0 Å². The van der Waals surface area contributed by atoms with Crippen molar-refractivity contribution in [3.8, 4) is 5.75 Å². The van der Waals surface area contributed by atoms with Gasteiger partial charge in [0, 0.05) is 0 Å². The molecule has 0 aromatic heterocycles. The molecule has 1 rings (SSSR count). The SMILES string of the molecule is COc1cccc(CS(=O)(=O)NCC(=O)O)c1. The normalized spacial score (nSPS) is 11.1. The third-order valence-electron chi connectivity index (χ3n) is 1.93. The third-order valence-corrected chi connectivity index (χ3v) is 3.23. The van der Waals surface area contributed by atoms with Crippen LogP contribution < -0.4 is 9.46 Å². The molecule has 0 spiro atoms. The van der Waals surface area contributed by atoms with Gasteiger partial charge < -0.3 is 9.84 Å². The molecule has 1 aromatic rings. The first-order chi connectivity index (χ1) is 7.93. The lowest BCUT2D eigenvalue weighted by molar-refractivity contribution is -0.135. The average Bonchev–Trinajstić information content (AvgIpc) is 2.26. The molecule has 2 N–H and O–H groups in total. The Balaban J connectivity index is 2.72. The van der Waals surface area contributed by atoms with Gasteiger partial charge in [-0.1, -0.05) is 12.1 Å². The van der Waals surface area contributed by atoms with Crippen molar-refractivity contribution in [2.24, 2.45) is 0 Å². The summed E-state index contributed by atoms with van der Waals surface area (Å²) in [5.41, 5.74) is 0.530. The molecule has 17 heavy (non-hydrogen) atoms. The molecule has 0 heterocycles. The van der Waals surface area contributed by atoms with E-state index in [1.165, 1.54) is 7.11 Å². The molecule has 0 radical (unpaired) electrons. The van der Waals surface area contributed by atoms with E-state index in [9.17, 15) is 13.2 Å². The summed E-state index contributed by atoms with van der Waals surface area (Å²) in [4.78, 5) is 10.3. The fourth-order valence-corrected chi connectivity index (χ4v) is 2.27. The number of methoxy groups -OCH3 is 1. The molecule has 0 atom stereocenters. The molecule has 6 nitrogen and oxygen atoms in total. The lowest BCUT2D eigenvalue weighted by Gasteiger charge is -2.06. The maximum absolute atomic E-state index is 11.5. The van der Waals surface area contributed by atoms with E-state index in [1.807, 2.05) is 4.72 Å².